The second-order valence-electron chi connectivity index (χ2n) is 6.44. The molecule has 2 nitrogen and oxygen atoms in total. The van der Waals surface area contributed by atoms with Crippen LogP contribution >= 0.6 is 0 Å². The molecule has 0 saturated heterocycles. The highest BCUT2D eigenvalue weighted by Crippen LogP contribution is 2.41. The van der Waals surface area contributed by atoms with E-state index in [-0.39, 0.29) is 11.5 Å². The summed E-state index contributed by atoms with van der Waals surface area (Å²) < 4.78 is 0. The molecule has 122 valence electrons. The molecule has 0 saturated carbocycles. The largest absolute Gasteiger partial charge is 0.302 e. The summed E-state index contributed by atoms with van der Waals surface area (Å²) >= 11 is 0. The molecule has 0 N–H and O–H groups in total. The van der Waals surface area contributed by atoms with E-state index in [4.69, 9.17) is 0 Å². The highest BCUT2D eigenvalue weighted by atomic mass is 16.1. The molecule has 1 atom stereocenters. The molecule has 1 unspecified atom stereocenters. The lowest BCUT2D eigenvalue weighted by molar-refractivity contribution is -0.112. The Labute approximate surface area is 140 Å². The van der Waals surface area contributed by atoms with E-state index in [1.165, 1.54) is 11.1 Å². The van der Waals surface area contributed by atoms with Gasteiger partial charge in [0.25, 0.3) is 0 Å². The molecule has 2 heteroatoms. The van der Waals surface area contributed by atoms with Crippen molar-refractivity contribution in [2.24, 2.45) is 0 Å². The molecule has 0 heterocycles. The monoisotopic (exact) mass is 309 g/mol. The third-order valence-electron chi connectivity index (χ3n) is 4.71. The minimum absolute atomic E-state index is 0.0954. The standard InChI is InChI=1S/C21H27NO/c1-4-15-21(16-20(17-23)22(2)3,18-11-7-5-8-12-18)19-13-9-6-10-14-19/h5-14,17,20H,4,15-16H2,1-3H3. The molecule has 0 bridgehead atoms. The van der Waals surface area contributed by atoms with Crippen LogP contribution in [-0.4, -0.2) is 31.3 Å². The summed E-state index contributed by atoms with van der Waals surface area (Å²) in [5.41, 5.74) is 2.45. The molecule has 2 rings (SSSR count). The first-order valence-corrected chi connectivity index (χ1v) is 8.37. The van der Waals surface area contributed by atoms with Gasteiger partial charge in [-0.2, -0.15) is 0 Å². The van der Waals surface area contributed by atoms with Gasteiger partial charge in [-0.05, 0) is 38.1 Å². The first-order chi connectivity index (χ1) is 11.1. The Kier molecular flexibility index (Phi) is 6.12. The fraction of sp³-hybridized carbons (Fsp3) is 0.381. The smallest absolute Gasteiger partial charge is 0.137 e. The zero-order valence-corrected chi connectivity index (χ0v) is 14.4. The van der Waals surface area contributed by atoms with Crippen LogP contribution < -0.4 is 0 Å². The summed E-state index contributed by atoms with van der Waals surface area (Å²) in [5, 5.41) is 0. The van der Waals surface area contributed by atoms with E-state index < -0.39 is 0 Å². The van der Waals surface area contributed by atoms with Crippen LogP contribution in [0.15, 0.2) is 60.7 Å². The first kappa shape index (κ1) is 17.4. The molecule has 0 aliphatic rings. The third kappa shape index (κ3) is 3.89. The Balaban J connectivity index is 2.58. The van der Waals surface area contributed by atoms with E-state index in [0.717, 1.165) is 25.5 Å². The highest BCUT2D eigenvalue weighted by Gasteiger charge is 2.36. The molecule has 0 fully saturated rings. The van der Waals surface area contributed by atoms with Gasteiger partial charge in [0.1, 0.15) is 6.29 Å². The van der Waals surface area contributed by atoms with Crippen molar-refractivity contribution in [1.82, 2.24) is 4.90 Å². The van der Waals surface area contributed by atoms with E-state index in [1.54, 1.807) is 0 Å². The fourth-order valence-electron chi connectivity index (χ4n) is 3.44. The first-order valence-electron chi connectivity index (χ1n) is 8.37. The number of nitrogens with zero attached hydrogens (tertiary/aromatic N) is 1. The van der Waals surface area contributed by atoms with Crippen LogP contribution in [0, 0.1) is 0 Å². The number of carbonyl (C=O) groups excluding carboxylic acids is 1. The molecule has 0 spiro atoms. The number of hydrogen-bond acceptors (Lipinski definition) is 2. The van der Waals surface area contributed by atoms with E-state index in [2.05, 4.69) is 55.5 Å². The van der Waals surface area contributed by atoms with Gasteiger partial charge in [0.05, 0.1) is 6.04 Å². The molecule has 2 aromatic carbocycles. The molecule has 0 radical (unpaired) electrons. The van der Waals surface area contributed by atoms with Crippen molar-refractivity contribution in [2.75, 3.05) is 14.1 Å². The summed E-state index contributed by atoms with van der Waals surface area (Å²) in [5.74, 6) is 0. The van der Waals surface area contributed by atoms with Gasteiger partial charge in [0, 0.05) is 5.41 Å². The van der Waals surface area contributed by atoms with Gasteiger partial charge >= 0.3 is 0 Å². The summed E-state index contributed by atoms with van der Waals surface area (Å²) in [6, 6.07) is 21.1. The predicted octanol–water partition coefficient (Wildman–Crippen LogP) is 4.29. The fourth-order valence-corrected chi connectivity index (χ4v) is 3.44. The van der Waals surface area contributed by atoms with E-state index >= 15 is 0 Å². The number of hydrogen-bond donors (Lipinski definition) is 0. The van der Waals surface area contributed by atoms with Crippen molar-refractivity contribution in [3.8, 4) is 0 Å². The number of carbonyl (C=O) groups is 1. The van der Waals surface area contributed by atoms with Crippen molar-refractivity contribution in [3.63, 3.8) is 0 Å². The average Bonchev–Trinajstić information content (AvgIpc) is 2.60. The Morgan fingerprint density at radius 3 is 1.78 bits per heavy atom. The van der Waals surface area contributed by atoms with Gasteiger partial charge in [-0.3, -0.25) is 4.90 Å². The van der Waals surface area contributed by atoms with Crippen LogP contribution in [0.1, 0.15) is 37.3 Å². The molecule has 2 aromatic rings. The maximum atomic E-state index is 11.6. The number of benzene rings is 2. The van der Waals surface area contributed by atoms with Crippen LogP contribution in [0.25, 0.3) is 0 Å². The zero-order chi connectivity index (χ0) is 16.7. The predicted molar refractivity (Wildman–Crippen MR) is 96.7 cm³/mol. The summed E-state index contributed by atoms with van der Waals surface area (Å²) in [6.45, 7) is 2.21. The Morgan fingerprint density at radius 2 is 1.43 bits per heavy atom. The minimum Gasteiger partial charge on any atom is -0.302 e. The molecule has 23 heavy (non-hydrogen) atoms. The Morgan fingerprint density at radius 1 is 0.957 bits per heavy atom. The highest BCUT2D eigenvalue weighted by molar-refractivity contribution is 5.59. The van der Waals surface area contributed by atoms with E-state index in [1.807, 2.05) is 31.1 Å². The third-order valence-corrected chi connectivity index (χ3v) is 4.71. The maximum Gasteiger partial charge on any atom is 0.137 e. The normalized spacial score (nSPS) is 13.0. The van der Waals surface area contributed by atoms with E-state index in [9.17, 15) is 4.79 Å². The van der Waals surface area contributed by atoms with Crippen LogP contribution in [0.4, 0.5) is 0 Å². The second-order valence-corrected chi connectivity index (χ2v) is 6.44. The van der Waals surface area contributed by atoms with Gasteiger partial charge in [-0.1, -0.05) is 74.0 Å². The van der Waals surface area contributed by atoms with Crippen LogP contribution in [0.2, 0.25) is 0 Å². The summed E-state index contributed by atoms with van der Waals surface area (Å²) in [4.78, 5) is 13.7. The van der Waals surface area contributed by atoms with Gasteiger partial charge in [0.15, 0.2) is 0 Å². The lowest BCUT2D eigenvalue weighted by Crippen LogP contribution is -2.39. The van der Waals surface area contributed by atoms with Gasteiger partial charge in [0.2, 0.25) is 0 Å². The van der Waals surface area contributed by atoms with Crippen LogP contribution in [0.3, 0.4) is 0 Å². The maximum absolute atomic E-state index is 11.6. The van der Waals surface area contributed by atoms with Gasteiger partial charge < -0.3 is 4.79 Å². The van der Waals surface area contributed by atoms with E-state index in [0.29, 0.717) is 0 Å². The second kappa shape index (κ2) is 8.07. The zero-order valence-electron chi connectivity index (χ0n) is 14.4. The lowest BCUT2D eigenvalue weighted by Gasteiger charge is -2.38. The Hall–Kier alpha value is -1.93. The topological polar surface area (TPSA) is 20.3 Å². The van der Waals surface area contributed by atoms with Crippen molar-refractivity contribution in [3.05, 3.63) is 71.8 Å². The average molecular weight is 309 g/mol. The Bertz CT molecular complexity index is 552. The molecule has 0 aromatic heterocycles. The SMILES string of the molecule is CCCC(CC(C=O)N(C)C)(c1ccccc1)c1ccccc1. The van der Waals surface area contributed by atoms with Crippen molar-refractivity contribution < 1.29 is 4.79 Å². The van der Waals surface area contributed by atoms with Crippen molar-refractivity contribution in [2.45, 2.75) is 37.6 Å². The van der Waals surface area contributed by atoms with Crippen molar-refractivity contribution >= 4 is 6.29 Å². The molecule has 0 aliphatic heterocycles. The van der Waals surface area contributed by atoms with Gasteiger partial charge in [-0.25, -0.2) is 0 Å². The number of rotatable bonds is 8. The minimum atomic E-state index is -0.132. The number of aldehydes is 1. The summed E-state index contributed by atoms with van der Waals surface area (Å²) in [7, 11) is 3.96. The van der Waals surface area contributed by atoms with Crippen LogP contribution in [0.5, 0.6) is 0 Å². The van der Waals surface area contributed by atoms with Crippen LogP contribution in [-0.2, 0) is 10.2 Å². The summed E-state index contributed by atoms with van der Waals surface area (Å²) in [6.07, 6.45) is 3.98. The molecule has 0 aliphatic carbocycles. The number of likely N-dealkylation sites (N-methyl/N-ethyl adjacent to an activating group) is 1. The van der Waals surface area contributed by atoms with Crippen molar-refractivity contribution in [1.29, 1.82) is 0 Å². The molecule has 0 amide bonds. The quantitative estimate of drug-likeness (QED) is 0.678. The molecular formula is C21H27NO. The molecular weight excluding hydrogens is 282 g/mol. The van der Waals surface area contributed by atoms with Gasteiger partial charge in [-0.15, -0.1) is 0 Å². The lowest BCUT2D eigenvalue weighted by atomic mass is 9.67.